The highest BCUT2D eigenvalue weighted by molar-refractivity contribution is 7.16. The highest BCUT2D eigenvalue weighted by Crippen LogP contribution is 2.40. The number of hydrogen-bond donors (Lipinski definition) is 1. The summed E-state index contributed by atoms with van der Waals surface area (Å²) in [4.78, 5) is 18.3. The number of piperazine rings is 1. The third kappa shape index (κ3) is 5.17. The summed E-state index contributed by atoms with van der Waals surface area (Å²) in [6, 6.07) is 12.0. The minimum atomic E-state index is -2.86. The number of benzene rings is 1. The fourth-order valence-corrected chi connectivity index (χ4v) is 4.85. The molecule has 0 bridgehead atoms. The number of ether oxygens (including phenoxy) is 1. The van der Waals surface area contributed by atoms with Crippen LogP contribution in [0.5, 0.6) is 5.75 Å². The van der Waals surface area contributed by atoms with Crippen LogP contribution in [0.4, 0.5) is 13.8 Å². The Morgan fingerprint density at radius 2 is 1.88 bits per heavy atom. The molecule has 1 aromatic carbocycles. The molecule has 3 aromatic rings. The molecule has 1 fully saturated rings. The quantitative estimate of drug-likeness (QED) is 0.546. The number of rotatable bonds is 7. The van der Waals surface area contributed by atoms with Gasteiger partial charge >= 0.3 is 6.61 Å². The van der Waals surface area contributed by atoms with Crippen LogP contribution in [0.3, 0.4) is 0 Å². The van der Waals surface area contributed by atoms with Crippen LogP contribution in [-0.2, 0) is 0 Å². The molecule has 4 rings (SSSR count). The van der Waals surface area contributed by atoms with E-state index in [2.05, 4.69) is 33.0 Å². The van der Waals surface area contributed by atoms with Gasteiger partial charge in [0.2, 0.25) is 0 Å². The van der Waals surface area contributed by atoms with Crippen LogP contribution in [0.15, 0.2) is 53.1 Å². The molecule has 32 heavy (non-hydrogen) atoms. The van der Waals surface area contributed by atoms with E-state index in [0.29, 0.717) is 0 Å². The number of anilines is 1. The number of likely N-dealkylation sites (N-methyl/N-ethyl adjacent to an activating group) is 1. The number of nitrogens with one attached hydrogen (secondary N) is 1. The van der Waals surface area contributed by atoms with Gasteiger partial charge in [0.05, 0.1) is 12.3 Å². The first-order valence-corrected chi connectivity index (χ1v) is 11.1. The number of aryl methyl sites for hydroxylation is 1. The molecule has 2 aromatic heterocycles. The number of halogens is 2. The largest absolute Gasteiger partial charge is 0.459 e. The van der Waals surface area contributed by atoms with Crippen molar-refractivity contribution in [2.45, 2.75) is 19.6 Å². The molecule has 1 aliphatic rings. The van der Waals surface area contributed by atoms with E-state index in [4.69, 9.17) is 4.42 Å². The van der Waals surface area contributed by atoms with Crippen molar-refractivity contribution in [3.05, 3.63) is 70.5 Å². The average Bonchev–Trinajstić information content (AvgIpc) is 3.41. The summed E-state index contributed by atoms with van der Waals surface area (Å²) >= 11 is 1.50. The van der Waals surface area contributed by atoms with E-state index >= 15 is 0 Å². The highest BCUT2D eigenvalue weighted by atomic mass is 32.1. The van der Waals surface area contributed by atoms with Crippen molar-refractivity contribution in [1.82, 2.24) is 9.80 Å². The maximum Gasteiger partial charge on any atom is 0.387 e. The molecule has 1 unspecified atom stereocenters. The van der Waals surface area contributed by atoms with Gasteiger partial charge < -0.3 is 19.4 Å². The number of amides is 1. The first-order valence-electron chi connectivity index (χ1n) is 10.3. The Morgan fingerprint density at radius 3 is 2.50 bits per heavy atom. The van der Waals surface area contributed by atoms with Crippen LogP contribution in [0.2, 0.25) is 0 Å². The number of carbonyl (C=O) groups excluding carboxylic acids is 1. The van der Waals surface area contributed by atoms with Crippen molar-refractivity contribution < 1.29 is 22.7 Å². The number of nitrogens with zero attached hydrogens (tertiary/aromatic N) is 2. The predicted molar refractivity (Wildman–Crippen MR) is 120 cm³/mol. The van der Waals surface area contributed by atoms with Crippen molar-refractivity contribution in [1.29, 1.82) is 0 Å². The molecule has 0 saturated carbocycles. The SMILES string of the molecule is Cc1cc(C(c2ccc(OC(F)F)cc2)N2CCN(C)CC2)c(NC(=O)c2ccco2)s1. The molecule has 6 nitrogen and oxygen atoms in total. The number of furan rings is 1. The Labute approximate surface area is 189 Å². The van der Waals surface area contributed by atoms with Crippen molar-refractivity contribution >= 4 is 22.2 Å². The maximum atomic E-state index is 12.7. The normalized spacial score (nSPS) is 16.3. The highest BCUT2D eigenvalue weighted by Gasteiger charge is 2.29. The molecule has 0 aliphatic carbocycles. The molecule has 0 radical (unpaired) electrons. The lowest BCUT2D eigenvalue weighted by molar-refractivity contribution is -0.0498. The Hall–Kier alpha value is -2.75. The van der Waals surface area contributed by atoms with Gasteiger partial charge in [-0.1, -0.05) is 12.1 Å². The second-order valence-corrected chi connectivity index (χ2v) is 9.02. The molecular formula is C23H25F2N3O3S. The lowest BCUT2D eigenvalue weighted by atomic mass is 9.97. The summed E-state index contributed by atoms with van der Waals surface area (Å²) in [7, 11) is 2.09. The van der Waals surface area contributed by atoms with E-state index in [-0.39, 0.29) is 23.5 Å². The minimum Gasteiger partial charge on any atom is -0.459 e. The zero-order chi connectivity index (χ0) is 22.7. The van der Waals surface area contributed by atoms with E-state index in [1.807, 2.05) is 19.1 Å². The molecule has 170 valence electrons. The molecule has 1 aliphatic heterocycles. The maximum absolute atomic E-state index is 12.7. The van der Waals surface area contributed by atoms with Gasteiger partial charge in [0, 0.05) is 36.6 Å². The summed E-state index contributed by atoms with van der Waals surface area (Å²) in [5.41, 5.74) is 1.92. The standard InChI is InChI=1S/C23H25F2N3O3S/c1-15-14-18(22(32-15)26-21(29)19-4-3-13-30-19)20(28-11-9-27(2)10-12-28)16-5-7-17(8-6-16)31-23(24)25/h3-8,13-14,20,23H,9-12H2,1-2H3,(H,26,29). The number of thiophene rings is 1. The van der Waals surface area contributed by atoms with E-state index in [9.17, 15) is 13.6 Å². The number of carbonyl (C=O) groups is 1. The van der Waals surface area contributed by atoms with Crippen LogP contribution in [-0.4, -0.2) is 55.5 Å². The van der Waals surface area contributed by atoms with Crippen LogP contribution in [0.25, 0.3) is 0 Å². The Bertz CT molecular complexity index is 1030. The minimum absolute atomic E-state index is 0.119. The van der Waals surface area contributed by atoms with Gasteiger partial charge in [0.25, 0.3) is 5.91 Å². The summed E-state index contributed by atoms with van der Waals surface area (Å²) < 4.78 is 34.9. The fourth-order valence-electron chi connectivity index (χ4n) is 3.91. The third-order valence-electron chi connectivity index (χ3n) is 5.47. The Balaban J connectivity index is 1.68. The average molecular weight is 462 g/mol. The van der Waals surface area contributed by atoms with Crippen molar-refractivity contribution in [2.24, 2.45) is 0 Å². The van der Waals surface area contributed by atoms with Crippen LogP contribution < -0.4 is 10.1 Å². The number of hydrogen-bond acceptors (Lipinski definition) is 6. The Morgan fingerprint density at radius 1 is 1.16 bits per heavy atom. The summed E-state index contributed by atoms with van der Waals surface area (Å²) in [5, 5.41) is 3.74. The van der Waals surface area contributed by atoms with Crippen LogP contribution >= 0.6 is 11.3 Å². The smallest absolute Gasteiger partial charge is 0.387 e. The fraction of sp³-hybridized carbons (Fsp3) is 0.348. The topological polar surface area (TPSA) is 58.0 Å². The second-order valence-electron chi connectivity index (χ2n) is 7.76. The lowest BCUT2D eigenvalue weighted by Gasteiger charge is -2.38. The van der Waals surface area contributed by atoms with E-state index < -0.39 is 6.61 Å². The van der Waals surface area contributed by atoms with Crippen molar-refractivity contribution in [3.8, 4) is 5.75 Å². The van der Waals surface area contributed by atoms with E-state index in [1.165, 1.54) is 17.6 Å². The van der Waals surface area contributed by atoms with E-state index in [1.54, 1.807) is 24.3 Å². The molecule has 1 saturated heterocycles. The van der Waals surface area contributed by atoms with Crippen LogP contribution in [0, 0.1) is 6.92 Å². The summed E-state index contributed by atoms with van der Waals surface area (Å²) in [5.74, 6) is 0.0521. The van der Waals surface area contributed by atoms with Gasteiger partial charge in [-0.2, -0.15) is 8.78 Å². The van der Waals surface area contributed by atoms with Gasteiger partial charge in [0.1, 0.15) is 10.8 Å². The third-order valence-corrected chi connectivity index (χ3v) is 6.46. The molecule has 3 heterocycles. The first-order chi connectivity index (χ1) is 15.4. The van der Waals surface area contributed by atoms with Gasteiger partial charge in [0.15, 0.2) is 5.76 Å². The summed E-state index contributed by atoms with van der Waals surface area (Å²) in [6.45, 7) is 2.66. The molecular weight excluding hydrogens is 436 g/mol. The second kappa shape index (κ2) is 9.81. The predicted octanol–water partition coefficient (Wildman–Crippen LogP) is 4.84. The Kier molecular flexibility index (Phi) is 6.88. The van der Waals surface area contributed by atoms with Gasteiger partial charge in [-0.05, 0) is 49.9 Å². The zero-order valence-corrected chi connectivity index (χ0v) is 18.7. The number of alkyl halides is 2. The monoisotopic (exact) mass is 461 g/mol. The summed E-state index contributed by atoms with van der Waals surface area (Å²) in [6.07, 6.45) is 1.46. The van der Waals surface area contributed by atoms with Gasteiger partial charge in [-0.3, -0.25) is 9.69 Å². The molecule has 1 N–H and O–H groups in total. The first kappa shape index (κ1) is 22.4. The zero-order valence-electron chi connectivity index (χ0n) is 17.9. The molecule has 1 atom stereocenters. The van der Waals surface area contributed by atoms with Gasteiger partial charge in [-0.25, -0.2) is 0 Å². The van der Waals surface area contributed by atoms with Gasteiger partial charge in [-0.15, -0.1) is 11.3 Å². The lowest BCUT2D eigenvalue weighted by Crippen LogP contribution is -2.46. The van der Waals surface area contributed by atoms with Crippen LogP contribution in [0.1, 0.15) is 32.6 Å². The van der Waals surface area contributed by atoms with Crippen molar-refractivity contribution in [3.63, 3.8) is 0 Å². The van der Waals surface area contributed by atoms with Crippen molar-refractivity contribution in [2.75, 3.05) is 38.5 Å². The molecule has 9 heteroatoms. The van der Waals surface area contributed by atoms with E-state index in [0.717, 1.165) is 47.2 Å². The molecule has 1 amide bonds. The molecule has 0 spiro atoms.